The van der Waals surface area contributed by atoms with Gasteiger partial charge in [0.25, 0.3) is 0 Å². The summed E-state index contributed by atoms with van der Waals surface area (Å²) in [5.74, 6) is 0.231. The third-order valence-electron chi connectivity index (χ3n) is 1.39. The van der Waals surface area contributed by atoms with E-state index in [1.54, 1.807) is 17.9 Å². The highest BCUT2D eigenvalue weighted by Crippen LogP contribution is 1.88. The van der Waals surface area contributed by atoms with Crippen molar-refractivity contribution in [2.24, 2.45) is 7.05 Å². The van der Waals surface area contributed by atoms with Crippen molar-refractivity contribution in [2.45, 2.75) is 6.54 Å². The van der Waals surface area contributed by atoms with Crippen LogP contribution >= 0.6 is 0 Å². The van der Waals surface area contributed by atoms with Gasteiger partial charge in [0, 0.05) is 7.05 Å². The molecule has 0 spiro atoms. The largest absolute Gasteiger partial charge is 0.387 e. The van der Waals surface area contributed by atoms with Crippen LogP contribution < -0.4 is 5.32 Å². The Bertz CT molecular complexity index is 270. The second-order valence-electron chi connectivity index (χ2n) is 2.29. The molecule has 0 aliphatic heterocycles. The third-order valence-corrected chi connectivity index (χ3v) is 1.39. The standard InChI is InChI=1S/C6H10N4O2/c1-10-4-8-9-5(10)2-7-6(12)3-11/h4,11H,2-3H2,1H3,(H,7,12). The molecule has 1 aromatic heterocycles. The molecule has 2 N–H and O–H groups in total. The minimum Gasteiger partial charge on any atom is -0.387 e. The molecule has 0 bridgehead atoms. The van der Waals surface area contributed by atoms with E-state index in [-0.39, 0.29) is 6.54 Å². The maximum atomic E-state index is 10.6. The molecule has 1 heterocycles. The lowest BCUT2D eigenvalue weighted by atomic mass is 10.5. The van der Waals surface area contributed by atoms with Gasteiger partial charge >= 0.3 is 0 Å². The first-order chi connectivity index (χ1) is 5.74. The first kappa shape index (κ1) is 8.66. The number of amides is 1. The van der Waals surface area contributed by atoms with Gasteiger partial charge in [-0.2, -0.15) is 0 Å². The highest BCUT2D eigenvalue weighted by molar-refractivity contribution is 5.76. The average Bonchev–Trinajstić information content (AvgIpc) is 2.47. The number of hydrogen-bond acceptors (Lipinski definition) is 4. The summed E-state index contributed by atoms with van der Waals surface area (Å²) in [6, 6.07) is 0. The van der Waals surface area contributed by atoms with Crippen LogP contribution in [0.15, 0.2) is 6.33 Å². The molecule has 1 amide bonds. The molecule has 6 nitrogen and oxygen atoms in total. The molecule has 0 aliphatic carbocycles. The Hall–Kier alpha value is -1.43. The number of nitrogens with zero attached hydrogens (tertiary/aromatic N) is 3. The summed E-state index contributed by atoms with van der Waals surface area (Å²) in [6.07, 6.45) is 1.54. The lowest BCUT2D eigenvalue weighted by molar-refractivity contribution is -0.124. The summed E-state index contributed by atoms with van der Waals surface area (Å²) in [5, 5.41) is 18.2. The number of aryl methyl sites for hydroxylation is 1. The number of carbonyl (C=O) groups is 1. The highest BCUT2D eigenvalue weighted by Gasteiger charge is 2.02. The Balaban J connectivity index is 2.43. The topological polar surface area (TPSA) is 80.0 Å². The Labute approximate surface area is 69.2 Å². The van der Waals surface area contributed by atoms with Crippen LogP contribution in [0.1, 0.15) is 5.82 Å². The molecular weight excluding hydrogens is 160 g/mol. The minimum absolute atomic E-state index is 0.288. The molecule has 0 atom stereocenters. The summed E-state index contributed by atoms with van der Waals surface area (Å²) in [4.78, 5) is 10.6. The van der Waals surface area contributed by atoms with E-state index < -0.39 is 12.5 Å². The molecular formula is C6H10N4O2. The number of nitrogens with one attached hydrogen (secondary N) is 1. The predicted molar refractivity (Wildman–Crippen MR) is 39.9 cm³/mol. The molecule has 0 unspecified atom stereocenters. The van der Waals surface area contributed by atoms with Gasteiger partial charge in [-0.05, 0) is 0 Å². The molecule has 0 aromatic carbocycles. The highest BCUT2D eigenvalue weighted by atomic mass is 16.3. The summed E-state index contributed by atoms with van der Waals surface area (Å²) >= 11 is 0. The smallest absolute Gasteiger partial charge is 0.246 e. The normalized spacial score (nSPS) is 9.83. The first-order valence-corrected chi connectivity index (χ1v) is 3.44. The summed E-state index contributed by atoms with van der Waals surface area (Å²) < 4.78 is 1.69. The van der Waals surface area contributed by atoms with E-state index in [1.807, 2.05) is 0 Å². The molecule has 66 valence electrons. The van der Waals surface area contributed by atoms with Gasteiger partial charge in [0.15, 0.2) is 5.82 Å². The van der Waals surface area contributed by atoms with Crippen LogP contribution in [0, 0.1) is 0 Å². The van der Waals surface area contributed by atoms with E-state index in [0.717, 1.165) is 0 Å². The summed E-state index contributed by atoms with van der Waals surface area (Å²) in [6.45, 7) is -0.215. The van der Waals surface area contributed by atoms with E-state index in [0.29, 0.717) is 5.82 Å². The monoisotopic (exact) mass is 170 g/mol. The lowest BCUT2D eigenvalue weighted by Gasteiger charge is -2.01. The van der Waals surface area contributed by atoms with Crippen molar-refractivity contribution in [1.29, 1.82) is 0 Å². The number of rotatable bonds is 3. The number of aromatic nitrogens is 3. The fourth-order valence-corrected chi connectivity index (χ4v) is 0.701. The second kappa shape index (κ2) is 3.82. The zero-order valence-electron chi connectivity index (χ0n) is 6.69. The Kier molecular flexibility index (Phi) is 2.76. The van der Waals surface area contributed by atoms with Crippen molar-refractivity contribution < 1.29 is 9.90 Å². The van der Waals surface area contributed by atoms with Crippen LogP contribution in [0.5, 0.6) is 0 Å². The van der Waals surface area contributed by atoms with Crippen molar-refractivity contribution in [2.75, 3.05) is 6.61 Å². The van der Waals surface area contributed by atoms with Crippen LogP contribution in [-0.4, -0.2) is 32.4 Å². The lowest BCUT2D eigenvalue weighted by Crippen LogP contribution is -2.26. The van der Waals surface area contributed by atoms with E-state index in [1.165, 1.54) is 0 Å². The van der Waals surface area contributed by atoms with Crippen LogP contribution in [0.2, 0.25) is 0 Å². The zero-order valence-corrected chi connectivity index (χ0v) is 6.69. The van der Waals surface area contributed by atoms with Gasteiger partial charge in [-0.25, -0.2) is 0 Å². The van der Waals surface area contributed by atoms with Gasteiger partial charge in [0.05, 0.1) is 6.54 Å². The van der Waals surface area contributed by atoms with E-state index >= 15 is 0 Å². The molecule has 12 heavy (non-hydrogen) atoms. The van der Waals surface area contributed by atoms with Gasteiger partial charge in [-0.15, -0.1) is 10.2 Å². The SMILES string of the molecule is Cn1cnnc1CNC(=O)CO. The van der Waals surface area contributed by atoms with Gasteiger partial charge < -0.3 is 15.0 Å². The molecule has 1 aromatic rings. The van der Waals surface area contributed by atoms with Crippen molar-refractivity contribution in [3.05, 3.63) is 12.2 Å². The van der Waals surface area contributed by atoms with Crippen LogP contribution in [-0.2, 0) is 18.4 Å². The third kappa shape index (κ3) is 2.03. The summed E-state index contributed by atoms with van der Waals surface area (Å²) in [5.41, 5.74) is 0. The number of aliphatic hydroxyl groups excluding tert-OH is 1. The van der Waals surface area contributed by atoms with E-state index in [2.05, 4.69) is 15.5 Å². The summed E-state index contributed by atoms with van der Waals surface area (Å²) in [7, 11) is 1.78. The molecule has 0 radical (unpaired) electrons. The maximum Gasteiger partial charge on any atom is 0.246 e. The van der Waals surface area contributed by atoms with Gasteiger partial charge in [0.2, 0.25) is 5.91 Å². The van der Waals surface area contributed by atoms with Crippen molar-refractivity contribution >= 4 is 5.91 Å². The predicted octanol–water partition coefficient (Wildman–Crippen LogP) is -1.58. The van der Waals surface area contributed by atoms with Crippen molar-refractivity contribution in [3.8, 4) is 0 Å². The molecule has 6 heteroatoms. The molecule has 0 saturated carbocycles. The van der Waals surface area contributed by atoms with Gasteiger partial charge in [-0.3, -0.25) is 4.79 Å². The minimum atomic E-state index is -0.502. The van der Waals surface area contributed by atoms with E-state index in [9.17, 15) is 4.79 Å². The number of hydrogen-bond donors (Lipinski definition) is 2. The van der Waals surface area contributed by atoms with Crippen molar-refractivity contribution in [3.63, 3.8) is 0 Å². The van der Waals surface area contributed by atoms with Crippen LogP contribution in [0.25, 0.3) is 0 Å². The number of carbonyl (C=O) groups excluding carboxylic acids is 1. The maximum absolute atomic E-state index is 10.6. The van der Waals surface area contributed by atoms with E-state index in [4.69, 9.17) is 5.11 Å². The molecule has 1 rings (SSSR count). The van der Waals surface area contributed by atoms with Crippen LogP contribution in [0.4, 0.5) is 0 Å². The van der Waals surface area contributed by atoms with Crippen molar-refractivity contribution in [1.82, 2.24) is 20.1 Å². The Morgan fingerprint density at radius 3 is 3.08 bits per heavy atom. The molecule has 0 aliphatic rings. The Morgan fingerprint density at radius 2 is 2.58 bits per heavy atom. The molecule has 0 saturated heterocycles. The Morgan fingerprint density at radius 1 is 1.83 bits per heavy atom. The first-order valence-electron chi connectivity index (χ1n) is 3.44. The second-order valence-corrected chi connectivity index (χ2v) is 2.29. The fraction of sp³-hybridized carbons (Fsp3) is 0.500. The molecule has 0 fully saturated rings. The number of aliphatic hydroxyl groups is 1. The zero-order chi connectivity index (χ0) is 8.97. The van der Waals surface area contributed by atoms with Gasteiger partial charge in [0.1, 0.15) is 12.9 Å². The quantitative estimate of drug-likeness (QED) is 0.574. The average molecular weight is 170 g/mol. The fourth-order valence-electron chi connectivity index (χ4n) is 0.701. The van der Waals surface area contributed by atoms with Gasteiger partial charge in [-0.1, -0.05) is 0 Å². The van der Waals surface area contributed by atoms with Crippen LogP contribution in [0.3, 0.4) is 0 Å².